The van der Waals surface area contributed by atoms with Crippen LogP contribution in [0.3, 0.4) is 0 Å². The molecule has 0 heterocycles. The normalized spacial score (nSPS) is 12.6. The van der Waals surface area contributed by atoms with Gasteiger partial charge in [0, 0.05) is 23.5 Å². The Labute approximate surface area is 215 Å². The summed E-state index contributed by atoms with van der Waals surface area (Å²) < 4.78 is 63.8. The van der Waals surface area contributed by atoms with Crippen molar-refractivity contribution in [1.29, 1.82) is 0 Å². The second kappa shape index (κ2) is 14.2. The van der Waals surface area contributed by atoms with Crippen molar-refractivity contribution in [1.82, 2.24) is 0 Å². The third-order valence-electron chi connectivity index (χ3n) is 4.58. The van der Waals surface area contributed by atoms with Crippen molar-refractivity contribution < 1.29 is 46.2 Å². The van der Waals surface area contributed by atoms with E-state index in [2.05, 4.69) is 0 Å². The van der Waals surface area contributed by atoms with Crippen LogP contribution in [0, 0.1) is 5.82 Å². The number of benzene rings is 1. The Morgan fingerprint density at radius 3 is 2.28 bits per heavy atom. The van der Waals surface area contributed by atoms with Crippen molar-refractivity contribution in [2.75, 3.05) is 18.1 Å². The second-order valence-corrected chi connectivity index (χ2v) is 8.84. The molecule has 13 heteroatoms. The van der Waals surface area contributed by atoms with E-state index in [1.54, 1.807) is 13.8 Å². The number of ether oxygens (including phenoxy) is 2. The topological polar surface area (TPSA) is 90.0 Å². The Kier molecular flexibility index (Phi) is 12.4. The lowest BCUT2D eigenvalue weighted by Crippen LogP contribution is -2.35. The number of esters is 2. The fourth-order valence-electron chi connectivity index (χ4n) is 2.83. The lowest BCUT2D eigenvalue weighted by molar-refractivity contribution is -0.148. The van der Waals surface area contributed by atoms with Crippen LogP contribution in [0.15, 0.2) is 28.7 Å². The third kappa shape index (κ3) is 9.12. The summed E-state index contributed by atoms with van der Waals surface area (Å²) in [5.41, 5.74) is -1.82. The number of alkyl halides is 3. The van der Waals surface area contributed by atoms with E-state index in [0.29, 0.717) is 0 Å². The van der Waals surface area contributed by atoms with Crippen LogP contribution in [-0.4, -0.2) is 48.4 Å². The summed E-state index contributed by atoms with van der Waals surface area (Å²) in [6.07, 6.45) is -5.04. The van der Waals surface area contributed by atoms with Crippen LogP contribution in [0.5, 0.6) is 0 Å². The highest BCUT2D eigenvalue weighted by Gasteiger charge is 2.34. The number of halogens is 5. The zero-order valence-corrected chi connectivity index (χ0v) is 21.6. The summed E-state index contributed by atoms with van der Waals surface area (Å²) in [6.45, 7) is 5.31. The fourth-order valence-corrected chi connectivity index (χ4v) is 4.11. The number of hydrogen-bond acceptors (Lipinski definition) is 7. The first kappa shape index (κ1) is 31.4. The molecular weight excluding hydrogens is 530 g/mol. The number of allylic oxidation sites excluding steroid dienone is 1. The van der Waals surface area contributed by atoms with E-state index in [1.165, 1.54) is 6.92 Å². The minimum atomic E-state index is -4.81. The molecule has 0 aliphatic carbocycles. The van der Waals surface area contributed by atoms with Gasteiger partial charge in [-0.05, 0) is 31.9 Å². The average Bonchev–Trinajstić information content (AvgIpc) is 2.77. The lowest BCUT2D eigenvalue weighted by Gasteiger charge is -2.21. The number of rotatable bonds is 11. The number of imide groups is 1. The molecule has 1 aromatic carbocycles. The molecule has 2 amide bonds. The number of anilines is 1. The maximum absolute atomic E-state index is 14.7. The molecule has 200 valence electrons. The van der Waals surface area contributed by atoms with Crippen LogP contribution in [0.4, 0.5) is 23.2 Å². The van der Waals surface area contributed by atoms with Crippen LogP contribution in [0.2, 0.25) is 5.02 Å². The summed E-state index contributed by atoms with van der Waals surface area (Å²) in [5.74, 6) is -4.79. The van der Waals surface area contributed by atoms with E-state index < -0.39 is 58.7 Å². The van der Waals surface area contributed by atoms with Crippen LogP contribution in [0.25, 0.3) is 0 Å². The van der Waals surface area contributed by atoms with E-state index in [1.807, 2.05) is 0 Å². The van der Waals surface area contributed by atoms with Gasteiger partial charge in [-0.3, -0.25) is 19.2 Å². The van der Waals surface area contributed by atoms with Crippen molar-refractivity contribution in [2.24, 2.45) is 0 Å². The summed E-state index contributed by atoms with van der Waals surface area (Å²) in [7, 11) is 0. The molecule has 0 aliphatic heterocycles. The molecule has 0 aliphatic rings. The Balaban J connectivity index is 3.24. The molecule has 0 saturated heterocycles. The largest absolute Gasteiger partial charge is 0.466 e. The van der Waals surface area contributed by atoms with Gasteiger partial charge in [-0.2, -0.15) is 13.2 Å². The summed E-state index contributed by atoms with van der Waals surface area (Å²) in [4.78, 5) is 48.9. The van der Waals surface area contributed by atoms with Crippen molar-refractivity contribution in [3.8, 4) is 0 Å². The summed E-state index contributed by atoms with van der Waals surface area (Å²) in [6, 6.07) is 1.79. The molecule has 0 N–H and O–H groups in total. The van der Waals surface area contributed by atoms with Crippen molar-refractivity contribution in [3.63, 3.8) is 0 Å². The minimum absolute atomic E-state index is 0.0804. The number of carbonyl (C=O) groups excluding carboxylic acids is 4. The molecule has 0 radical (unpaired) electrons. The number of carbonyl (C=O) groups is 4. The highest BCUT2D eigenvalue weighted by atomic mass is 35.5. The Morgan fingerprint density at radius 2 is 1.78 bits per heavy atom. The maximum Gasteiger partial charge on any atom is 0.412 e. The van der Waals surface area contributed by atoms with Crippen molar-refractivity contribution in [2.45, 2.75) is 63.3 Å². The van der Waals surface area contributed by atoms with E-state index in [4.69, 9.17) is 21.1 Å². The van der Waals surface area contributed by atoms with Gasteiger partial charge in [0.1, 0.15) is 17.7 Å². The molecule has 1 rings (SSSR count). The molecule has 0 fully saturated rings. The van der Waals surface area contributed by atoms with Gasteiger partial charge in [0.05, 0.1) is 23.7 Å². The smallest absolute Gasteiger partial charge is 0.412 e. The van der Waals surface area contributed by atoms with E-state index in [9.17, 15) is 36.7 Å². The number of amides is 2. The molecule has 0 aromatic heterocycles. The first-order chi connectivity index (χ1) is 16.8. The van der Waals surface area contributed by atoms with Gasteiger partial charge in [0.15, 0.2) is 0 Å². The number of nitrogens with zero attached hydrogens (tertiary/aromatic N) is 1. The summed E-state index contributed by atoms with van der Waals surface area (Å²) >= 11 is 6.94. The van der Waals surface area contributed by atoms with Crippen molar-refractivity contribution >= 4 is 52.8 Å². The standard InChI is InChI=1S/C23H26ClF4NO6S/c1-5-14(23(26,27)28)10-20(31)29(13(4)30)17-12-19(15(24)11-16(17)25)36-18(6-2)22(33)35-9-8-21(32)34-7-3/h10-12,18H,5-9H2,1-4H3/b14-10+. The predicted molar refractivity (Wildman–Crippen MR) is 126 cm³/mol. The Bertz CT molecular complexity index is 1020. The molecule has 36 heavy (non-hydrogen) atoms. The number of hydrogen-bond donors (Lipinski definition) is 0. The number of thioether (sulfide) groups is 1. The SMILES string of the molecule is CCOC(=O)CCOC(=O)C(CC)Sc1cc(N(C(C)=O)C(=O)/C=C(\CC)C(F)(F)F)c(F)cc1Cl. The minimum Gasteiger partial charge on any atom is -0.466 e. The highest BCUT2D eigenvalue weighted by Crippen LogP contribution is 2.37. The zero-order chi connectivity index (χ0) is 27.6. The van der Waals surface area contributed by atoms with Crippen LogP contribution < -0.4 is 4.90 Å². The maximum atomic E-state index is 14.7. The predicted octanol–water partition coefficient (Wildman–Crippen LogP) is 5.62. The highest BCUT2D eigenvalue weighted by molar-refractivity contribution is 8.00. The molecule has 1 unspecified atom stereocenters. The van der Waals surface area contributed by atoms with Crippen molar-refractivity contribution in [3.05, 3.63) is 34.6 Å². The molecule has 0 saturated carbocycles. The fraction of sp³-hybridized carbons (Fsp3) is 0.478. The zero-order valence-electron chi connectivity index (χ0n) is 20.0. The first-order valence-electron chi connectivity index (χ1n) is 10.9. The molecular formula is C23H26ClF4NO6S. The van der Waals surface area contributed by atoms with Gasteiger partial charge in [0.25, 0.3) is 5.91 Å². The van der Waals surface area contributed by atoms with E-state index >= 15 is 0 Å². The van der Waals surface area contributed by atoms with Crippen LogP contribution >= 0.6 is 23.4 Å². The van der Waals surface area contributed by atoms with Gasteiger partial charge < -0.3 is 9.47 Å². The third-order valence-corrected chi connectivity index (χ3v) is 6.41. The Morgan fingerprint density at radius 1 is 1.14 bits per heavy atom. The quantitative estimate of drug-likeness (QED) is 0.151. The molecule has 1 aromatic rings. The van der Waals surface area contributed by atoms with Gasteiger partial charge in [0.2, 0.25) is 5.91 Å². The monoisotopic (exact) mass is 555 g/mol. The first-order valence-corrected chi connectivity index (χ1v) is 12.1. The molecule has 0 spiro atoms. The van der Waals surface area contributed by atoms with E-state index in [-0.39, 0.29) is 46.9 Å². The van der Waals surface area contributed by atoms with Crippen LogP contribution in [0.1, 0.15) is 47.0 Å². The van der Waals surface area contributed by atoms with Gasteiger partial charge in [-0.25, -0.2) is 9.29 Å². The average molecular weight is 556 g/mol. The van der Waals surface area contributed by atoms with Gasteiger partial charge >= 0.3 is 18.1 Å². The molecule has 7 nitrogen and oxygen atoms in total. The lowest BCUT2D eigenvalue weighted by atomic mass is 10.1. The Hall–Kier alpha value is -2.60. The molecule has 0 bridgehead atoms. The molecule has 1 atom stereocenters. The van der Waals surface area contributed by atoms with E-state index in [0.717, 1.165) is 30.8 Å². The van der Waals surface area contributed by atoms with Gasteiger partial charge in [-0.15, -0.1) is 11.8 Å². The van der Waals surface area contributed by atoms with Crippen LogP contribution in [-0.2, 0) is 28.7 Å². The summed E-state index contributed by atoms with van der Waals surface area (Å²) in [5, 5.41) is -1.02. The second-order valence-electron chi connectivity index (χ2n) is 7.18. The van der Waals surface area contributed by atoms with Gasteiger partial charge in [-0.1, -0.05) is 25.4 Å².